The van der Waals surface area contributed by atoms with Gasteiger partial charge in [0.25, 0.3) is 0 Å². The number of rotatable bonds is 1. The van der Waals surface area contributed by atoms with Gasteiger partial charge in [-0.05, 0) is 25.7 Å². The Kier molecular flexibility index (Phi) is 1.72. The Labute approximate surface area is 77.4 Å². The van der Waals surface area contributed by atoms with Gasteiger partial charge in [-0.2, -0.15) is 0 Å². The molecule has 0 bridgehead atoms. The lowest BCUT2D eigenvalue weighted by Crippen LogP contribution is -2.33. The second-order valence-corrected chi connectivity index (χ2v) is 4.41. The Hall–Kier alpha value is -0.860. The molecule has 0 amide bonds. The van der Waals surface area contributed by atoms with Crippen molar-refractivity contribution < 1.29 is 14.3 Å². The van der Waals surface area contributed by atoms with Gasteiger partial charge in [-0.25, -0.2) is 0 Å². The lowest BCUT2D eigenvalue weighted by molar-refractivity contribution is -0.154. The maximum Gasteiger partial charge on any atom is 0.310 e. The zero-order chi connectivity index (χ0) is 9.64. The molecule has 1 heterocycles. The molecule has 2 fully saturated rings. The fourth-order valence-electron chi connectivity index (χ4n) is 2.71. The van der Waals surface area contributed by atoms with E-state index in [-0.39, 0.29) is 17.8 Å². The van der Waals surface area contributed by atoms with Crippen LogP contribution in [0.2, 0.25) is 0 Å². The quantitative estimate of drug-likeness (QED) is 0.451. The molecule has 3 nitrogen and oxygen atoms in total. The van der Waals surface area contributed by atoms with Gasteiger partial charge >= 0.3 is 5.97 Å². The Balaban J connectivity index is 2.32. The number of aldehydes is 1. The van der Waals surface area contributed by atoms with Gasteiger partial charge in [-0.15, -0.1) is 0 Å². The molecule has 1 saturated heterocycles. The van der Waals surface area contributed by atoms with Crippen LogP contribution in [0.25, 0.3) is 0 Å². The zero-order valence-electron chi connectivity index (χ0n) is 7.95. The highest BCUT2D eigenvalue weighted by Crippen LogP contribution is 2.49. The van der Waals surface area contributed by atoms with Crippen LogP contribution in [-0.4, -0.2) is 17.9 Å². The van der Waals surface area contributed by atoms with Gasteiger partial charge in [0.2, 0.25) is 0 Å². The molecule has 0 N–H and O–H groups in total. The van der Waals surface area contributed by atoms with Crippen molar-refractivity contribution in [3.8, 4) is 0 Å². The number of cyclic esters (lactones) is 1. The van der Waals surface area contributed by atoms with Gasteiger partial charge in [0.15, 0.2) is 11.9 Å². The van der Waals surface area contributed by atoms with Crippen molar-refractivity contribution in [2.24, 2.45) is 17.8 Å². The topological polar surface area (TPSA) is 43.4 Å². The molecule has 2 rings (SSSR count). The van der Waals surface area contributed by atoms with E-state index in [2.05, 4.69) is 6.92 Å². The van der Waals surface area contributed by atoms with Gasteiger partial charge in [0.1, 0.15) is 0 Å². The van der Waals surface area contributed by atoms with Gasteiger partial charge in [0, 0.05) is 5.92 Å². The molecule has 72 valence electrons. The summed E-state index contributed by atoms with van der Waals surface area (Å²) in [4.78, 5) is 22.3. The summed E-state index contributed by atoms with van der Waals surface area (Å²) >= 11 is 0. The molecule has 0 aromatic carbocycles. The summed E-state index contributed by atoms with van der Waals surface area (Å²) in [5, 5.41) is 0. The maximum atomic E-state index is 11.5. The fourth-order valence-corrected chi connectivity index (χ4v) is 2.71. The molecule has 4 atom stereocenters. The van der Waals surface area contributed by atoms with E-state index in [1.54, 1.807) is 6.92 Å². The Morgan fingerprint density at radius 1 is 1.54 bits per heavy atom. The van der Waals surface area contributed by atoms with Crippen molar-refractivity contribution in [2.45, 2.75) is 32.3 Å². The minimum Gasteiger partial charge on any atom is -0.451 e. The monoisotopic (exact) mass is 182 g/mol. The van der Waals surface area contributed by atoms with Crippen molar-refractivity contribution >= 4 is 12.3 Å². The number of esters is 1. The Morgan fingerprint density at radius 2 is 2.23 bits per heavy atom. The average Bonchev–Trinajstić information content (AvgIpc) is 2.57. The van der Waals surface area contributed by atoms with Crippen LogP contribution < -0.4 is 0 Å². The fraction of sp³-hybridized carbons (Fsp3) is 0.800. The first-order chi connectivity index (χ1) is 6.08. The largest absolute Gasteiger partial charge is 0.451 e. The second kappa shape index (κ2) is 2.56. The summed E-state index contributed by atoms with van der Waals surface area (Å²) in [5.41, 5.74) is -0.841. The molecule has 1 aliphatic heterocycles. The normalized spacial score (nSPS) is 48.8. The van der Waals surface area contributed by atoms with Crippen LogP contribution in [0.4, 0.5) is 0 Å². The van der Waals surface area contributed by atoms with Gasteiger partial charge in [0.05, 0.1) is 5.92 Å². The standard InChI is InChI=1S/C10H14O3/c1-6-3-4-7-8(6)9(12)13-10(7,2)5-11/h5-8H,3-4H2,1-2H3. The lowest BCUT2D eigenvalue weighted by atomic mass is 9.83. The van der Waals surface area contributed by atoms with E-state index in [0.717, 1.165) is 19.1 Å². The molecule has 1 aliphatic carbocycles. The van der Waals surface area contributed by atoms with Crippen molar-refractivity contribution in [3.05, 3.63) is 0 Å². The van der Waals surface area contributed by atoms with Crippen molar-refractivity contribution in [1.82, 2.24) is 0 Å². The number of hydrogen-bond acceptors (Lipinski definition) is 3. The molecular weight excluding hydrogens is 168 g/mol. The molecule has 3 heteroatoms. The third-order valence-corrected chi connectivity index (χ3v) is 3.54. The van der Waals surface area contributed by atoms with Crippen molar-refractivity contribution in [1.29, 1.82) is 0 Å². The highest BCUT2D eigenvalue weighted by molar-refractivity contribution is 5.82. The Bertz CT molecular complexity index is 261. The number of carbonyl (C=O) groups is 2. The predicted molar refractivity (Wildman–Crippen MR) is 45.9 cm³/mol. The van der Waals surface area contributed by atoms with E-state index in [1.807, 2.05) is 0 Å². The van der Waals surface area contributed by atoms with Crippen molar-refractivity contribution in [3.63, 3.8) is 0 Å². The first-order valence-corrected chi connectivity index (χ1v) is 4.77. The zero-order valence-corrected chi connectivity index (χ0v) is 7.95. The molecule has 0 spiro atoms. The third kappa shape index (κ3) is 1.02. The van der Waals surface area contributed by atoms with Gasteiger partial charge < -0.3 is 4.74 Å². The van der Waals surface area contributed by atoms with Crippen LogP contribution in [-0.2, 0) is 14.3 Å². The summed E-state index contributed by atoms with van der Waals surface area (Å²) in [5.74, 6) is 0.284. The van der Waals surface area contributed by atoms with E-state index in [9.17, 15) is 9.59 Å². The molecular formula is C10H14O3. The van der Waals surface area contributed by atoms with Crippen LogP contribution >= 0.6 is 0 Å². The predicted octanol–water partition coefficient (Wildman–Crippen LogP) is 1.16. The molecule has 4 unspecified atom stereocenters. The van der Waals surface area contributed by atoms with Crippen LogP contribution in [0, 0.1) is 17.8 Å². The Morgan fingerprint density at radius 3 is 2.85 bits per heavy atom. The molecule has 0 radical (unpaired) electrons. The van der Waals surface area contributed by atoms with Crippen LogP contribution in [0.5, 0.6) is 0 Å². The maximum absolute atomic E-state index is 11.5. The summed E-state index contributed by atoms with van der Waals surface area (Å²) < 4.78 is 5.13. The van der Waals surface area contributed by atoms with E-state index in [0.29, 0.717) is 5.92 Å². The number of hydrogen-bond donors (Lipinski definition) is 0. The molecule has 0 aromatic heterocycles. The number of fused-ring (bicyclic) bond motifs is 1. The third-order valence-electron chi connectivity index (χ3n) is 3.54. The first-order valence-electron chi connectivity index (χ1n) is 4.77. The van der Waals surface area contributed by atoms with E-state index < -0.39 is 5.60 Å². The molecule has 2 aliphatic rings. The van der Waals surface area contributed by atoms with Crippen LogP contribution in [0.1, 0.15) is 26.7 Å². The highest BCUT2D eigenvalue weighted by Gasteiger charge is 2.57. The number of ether oxygens (including phenoxy) is 1. The molecule has 1 saturated carbocycles. The van der Waals surface area contributed by atoms with E-state index >= 15 is 0 Å². The first kappa shape index (κ1) is 8.73. The lowest BCUT2D eigenvalue weighted by Gasteiger charge is -2.21. The summed E-state index contributed by atoms with van der Waals surface area (Å²) in [6.07, 6.45) is 2.76. The number of carbonyl (C=O) groups excluding carboxylic acids is 2. The summed E-state index contributed by atoms with van der Waals surface area (Å²) in [7, 11) is 0. The van der Waals surface area contributed by atoms with Crippen molar-refractivity contribution in [2.75, 3.05) is 0 Å². The second-order valence-electron chi connectivity index (χ2n) is 4.41. The molecule has 0 aromatic rings. The van der Waals surface area contributed by atoms with Gasteiger partial charge in [-0.3, -0.25) is 9.59 Å². The smallest absolute Gasteiger partial charge is 0.310 e. The minimum atomic E-state index is -0.841. The minimum absolute atomic E-state index is 0.0322. The van der Waals surface area contributed by atoms with Gasteiger partial charge in [-0.1, -0.05) is 6.92 Å². The average molecular weight is 182 g/mol. The van der Waals surface area contributed by atoms with Crippen LogP contribution in [0.15, 0.2) is 0 Å². The van der Waals surface area contributed by atoms with Crippen LogP contribution in [0.3, 0.4) is 0 Å². The molecule has 13 heavy (non-hydrogen) atoms. The summed E-state index contributed by atoms with van der Waals surface area (Å²) in [6, 6.07) is 0. The van der Waals surface area contributed by atoms with E-state index in [4.69, 9.17) is 4.74 Å². The highest BCUT2D eigenvalue weighted by atomic mass is 16.6. The van der Waals surface area contributed by atoms with E-state index in [1.165, 1.54) is 0 Å². The SMILES string of the molecule is CC1CCC2C1C(=O)OC2(C)C=O. The summed E-state index contributed by atoms with van der Waals surface area (Å²) in [6.45, 7) is 3.78.